The van der Waals surface area contributed by atoms with Crippen molar-refractivity contribution in [3.8, 4) is 0 Å². The monoisotopic (exact) mass is 387 g/mol. The summed E-state index contributed by atoms with van der Waals surface area (Å²) in [5.74, 6) is 0.901. The maximum atomic E-state index is 9.13. The SMILES string of the molecule is [2H]C([2H])(O)COCC([2H])([2H])N1CCN(C2=Nc3ccccc3Sc3ccccc32)CC1. The summed E-state index contributed by atoms with van der Waals surface area (Å²) >= 11 is 1.71. The molecule has 0 spiro atoms. The normalized spacial score (nSPS) is 20.3. The van der Waals surface area contributed by atoms with E-state index >= 15 is 0 Å². The number of fused-ring (bicyclic) bond motifs is 2. The van der Waals surface area contributed by atoms with Crippen LogP contribution in [0.2, 0.25) is 0 Å². The van der Waals surface area contributed by atoms with Crippen molar-refractivity contribution in [2.75, 3.05) is 52.4 Å². The lowest BCUT2D eigenvalue weighted by Gasteiger charge is -2.36. The molecule has 0 radical (unpaired) electrons. The van der Waals surface area contributed by atoms with Gasteiger partial charge in [0.15, 0.2) is 0 Å². The molecular formula is C21H25N3O2S. The van der Waals surface area contributed by atoms with Crippen molar-refractivity contribution in [2.45, 2.75) is 9.79 Å². The molecule has 1 fully saturated rings. The predicted molar refractivity (Wildman–Crippen MR) is 109 cm³/mol. The van der Waals surface area contributed by atoms with E-state index in [4.69, 9.17) is 20.3 Å². The summed E-state index contributed by atoms with van der Waals surface area (Å²) in [6.45, 7) is -2.88. The van der Waals surface area contributed by atoms with Crippen LogP contribution in [0.4, 0.5) is 5.69 Å². The molecule has 0 unspecified atom stereocenters. The molecule has 2 aliphatic rings. The third kappa shape index (κ3) is 4.35. The molecule has 0 atom stereocenters. The first-order chi connectivity index (χ1) is 14.7. The number of benzene rings is 2. The zero-order chi connectivity index (χ0) is 22.1. The van der Waals surface area contributed by atoms with Crippen molar-refractivity contribution in [1.29, 1.82) is 0 Å². The van der Waals surface area contributed by atoms with E-state index in [9.17, 15) is 0 Å². The van der Waals surface area contributed by atoms with E-state index in [-0.39, 0.29) is 6.61 Å². The zero-order valence-electron chi connectivity index (χ0n) is 19.0. The average molecular weight is 388 g/mol. The number of aliphatic imine (C=N–C) groups is 1. The van der Waals surface area contributed by atoms with E-state index in [1.807, 2.05) is 30.3 Å². The molecule has 0 aliphatic carbocycles. The molecule has 4 rings (SSSR count). The molecule has 1 N–H and O–H groups in total. The minimum absolute atomic E-state index is 0.305. The van der Waals surface area contributed by atoms with Gasteiger partial charge in [-0.1, -0.05) is 42.1 Å². The number of ether oxygens (including phenoxy) is 1. The highest BCUT2D eigenvalue weighted by Crippen LogP contribution is 2.40. The minimum atomic E-state index is -2.46. The van der Waals surface area contributed by atoms with Crippen molar-refractivity contribution in [1.82, 2.24) is 9.80 Å². The Kier molecular flexibility index (Phi) is 4.67. The first-order valence-electron chi connectivity index (χ1n) is 11.0. The largest absolute Gasteiger partial charge is 0.394 e. The molecule has 2 heterocycles. The number of nitrogens with zero attached hydrogens (tertiary/aromatic N) is 3. The third-order valence-electron chi connectivity index (χ3n) is 4.58. The molecule has 0 amide bonds. The van der Waals surface area contributed by atoms with Gasteiger partial charge < -0.3 is 14.7 Å². The Balaban J connectivity index is 1.49. The topological polar surface area (TPSA) is 48.3 Å². The van der Waals surface area contributed by atoms with E-state index in [0.717, 1.165) is 26.9 Å². The van der Waals surface area contributed by atoms with E-state index in [0.29, 0.717) is 26.2 Å². The first-order valence-corrected chi connectivity index (χ1v) is 9.80. The minimum Gasteiger partial charge on any atom is -0.394 e. The van der Waals surface area contributed by atoms with E-state index < -0.39 is 19.7 Å². The van der Waals surface area contributed by atoms with E-state index in [2.05, 4.69) is 23.1 Å². The highest BCUT2D eigenvalue weighted by molar-refractivity contribution is 7.99. The van der Waals surface area contributed by atoms with Crippen LogP contribution in [0.5, 0.6) is 0 Å². The number of piperazine rings is 1. The second kappa shape index (κ2) is 8.89. The summed E-state index contributed by atoms with van der Waals surface area (Å²) in [5, 5.41) is 9.13. The van der Waals surface area contributed by atoms with Crippen molar-refractivity contribution >= 4 is 23.3 Å². The highest BCUT2D eigenvalue weighted by atomic mass is 32.2. The summed E-state index contributed by atoms with van der Waals surface area (Å²) in [7, 11) is 0. The number of rotatable bonds is 5. The van der Waals surface area contributed by atoms with Gasteiger partial charge in [0.1, 0.15) is 5.84 Å². The van der Waals surface area contributed by atoms with E-state index in [1.54, 1.807) is 16.7 Å². The molecule has 2 aromatic rings. The first kappa shape index (κ1) is 14.2. The lowest BCUT2D eigenvalue weighted by Crippen LogP contribution is -2.49. The van der Waals surface area contributed by atoms with Gasteiger partial charge in [-0.05, 0) is 18.2 Å². The molecule has 6 heteroatoms. The average Bonchev–Trinajstić information content (AvgIpc) is 2.89. The Bertz CT molecular complexity index is 960. The van der Waals surface area contributed by atoms with Crippen LogP contribution >= 0.6 is 11.8 Å². The molecule has 1 saturated heterocycles. The Morgan fingerprint density at radius 1 is 1.00 bits per heavy atom. The molecule has 27 heavy (non-hydrogen) atoms. The maximum Gasteiger partial charge on any atom is 0.137 e. The molecule has 142 valence electrons. The van der Waals surface area contributed by atoms with Gasteiger partial charge >= 0.3 is 0 Å². The molecule has 0 bridgehead atoms. The smallest absolute Gasteiger partial charge is 0.137 e. The van der Waals surface area contributed by atoms with Crippen LogP contribution in [-0.4, -0.2) is 73.2 Å². The van der Waals surface area contributed by atoms with Gasteiger partial charge in [-0.3, -0.25) is 4.90 Å². The van der Waals surface area contributed by atoms with Crippen LogP contribution in [-0.2, 0) is 4.74 Å². The van der Waals surface area contributed by atoms with Crippen molar-refractivity contribution in [3.63, 3.8) is 0 Å². The van der Waals surface area contributed by atoms with Crippen molar-refractivity contribution in [3.05, 3.63) is 54.1 Å². The highest BCUT2D eigenvalue weighted by Gasteiger charge is 2.24. The quantitative estimate of drug-likeness (QED) is 0.855. The summed E-state index contributed by atoms with van der Waals surface area (Å²) in [6.07, 6.45) is 0. The fraction of sp³-hybridized carbons (Fsp3) is 0.381. The molecule has 0 aromatic heterocycles. The Hall–Kier alpha value is -1.86. The number of para-hydroxylation sites is 1. The summed E-state index contributed by atoms with van der Waals surface area (Å²) < 4.78 is 35.9. The van der Waals surface area contributed by atoms with E-state index in [1.165, 1.54) is 0 Å². The number of aliphatic hydroxyl groups is 1. The van der Waals surface area contributed by atoms with Crippen LogP contribution in [0.15, 0.2) is 63.3 Å². The van der Waals surface area contributed by atoms with Crippen LogP contribution < -0.4 is 0 Å². The number of hydrogen-bond acceptors (Lipinski definition) is 6. The van der Waals surface area contributed by atoms with Gasteiger partial charge in [0, 0.05) is 50.8 Å². The van der Waals surface area contributed by atoms with Gasteiger partial charge in [-0.2, -0.15) is 0 Å². The lowest BCUT2D eigenvalue weighted by atomic mass is 10.1. The standard InChI is InChI=1S/C21H25N3O2S/c25-14-16-26-15-13-23-9-11-24(12-10-23)21-17-5-1-3-7-19(17)27-20-8-4-2-6-18(20)22-21/h1-8,25H,9-16H2/i13D2,14D2. The fourth-order valence-electron chi connectivity index (χ4n) is 3.22. The molecule has 5 nitrogen and oxygen atoms in total. The van der Waals surface area contributed by atoms with Gasteiger partial charge in [0.05, 0.1) is 28.2 Å². The molecular weight excluding hydrogens is 358 g/mol. The Labute approximate surface area is 170 Å². The summed E-state index contributed by atoms with van der Waals surface area (Å²) in [5.41, 5.74) is 2.01. The number of amidine groups is 1. The summed E-state index contributed by atoms with van der Waals surface area (Å²) in [4.78, 5) is 11.1. The van der Waals surface area contributed by atoms with Crippen LogP contribution in [0.25, 0.3) is 0 Å². The summed E-state index contributed by atoms with van der Waals surface area (Å²) in [6, 6.07) is 16.3. The molecule has 2 aromatic carbocycles. The van der Waals surface area contributed by atoms with Crippen molar-refractivity contribution in [2.24, 2.45) is 4.99 Å². The predicted octanol–water partition coefficient (Wildman–Crippen LogP) is 2.86. The molecule has 2 aliphatic heterocycles. The second-order valence-corrected chi connectivity index (χ2v) is 7.37. The van der Waals surface area contributed by atoms with Crippen molar-refractivity contribution < 1.29 is 15.3 Å². The Morgan fingerprint density at radius 3 is 2.56 bits per heavy atom. The van der Waals surface area contributed by atoms with Crippen LogP contribution in [0.1, 0.15) is 11.0 Å². The van der Waals surface area contributed by atoms with Gasteiger partial charge in [0.2, 0.25) is 0 Å². The zero-order valence-corrected chi connectivity index (χ0v) is 15.8. The maximum absolute atomic E-state index is 9.13. The van der Waals surface area contributed by atoms with Gasteiger partial charge in [0.25, 0.3) is 0 Å². The Morgan fingerprint density at radius 2 is 1.74 bits per heavy atom. The van der Waals surface area contributed by atoms with Crippen LogP contribution in [0, 0.1) is 0 Å². The van der Waals surface area contributed by atoms with Crippen LogP contribution in [0.3, 0.4) is 0 Å². The molecule has 0 saturated carbocycles. The number of hydrogen-bond donors (Lipinski definition) is 1. The third-order valence-corrected chi connectivity index (χ3v) is 5.72. The van der Waals surface area contributed by atoms with Gasteiger partial charge in [-0.15, -0.1) is 0 Å². The van der Waals surface area contributed by atoms with Gasteiger partial charge in [-0.25, -0.2) is 4.99 Å². The fourth-order valence-corrected chi connectivity index (χ4v) is 4.24. The lowest BCUT2D eigenvalue weighted by molar-refractivity contribution is 0.0652. The second-order valence-electron chi connectivity index (χ2n) is 6.28.